The molecule has 4 saturated heterocycles. The van der Waals surface area contributed by atoms with Crippen LogP contribution < -0.4 is 11.1 Å². The minimum absolute atomic E-state index is 0.0539. The van der Waals surface area contributed by atoms with Crippen molar-refractivity contribution in [1.29, 1.82) is 0 Å². The first kappa shape index (κ1) is 48.8. The van der Waals surface area contributed by atoms with E-state index < -0.39 is 75.8 Å². The van der Waals surface area contributed by atoms with Gasteiger partial charge in [0.15, 0.2) is 0 Å². The van der Waals surface area contributed by atoms with Crippen molar-refractivity contribution in [1.82, 2.24) is 5.32 Å². The van der Waals surface area contributed by atoms with Gasteiger partial charge in [-0.05, 0) is 66.5 Å². The van der Waals surface area contributed by atoms with Crippen LogP contribution in [0.2, 0.25) is 47.5 Å². The number of hydrogen-bond acceptors (Lipinski definition) is 14. The molecule has 0 radical (unpaired) electrons. The van der Waals surface area contributed by atoms with E-state index in [1.807, 2.05) is 0 Å². The Morgan fingerprint density at radius 3 is 1.44 bits per heavy atom. The zero-order chi connectivity index (χ0) is 41.3. The molecule has 4 aliphatic rings. The van der Waals surface area contributed by atoms with Crippen LogP contribution in [0.15, 0.2) is 0 Å². The topological polar surface area (TPSA) is 171 Å². The highest BCUT2D eigenvalue weighted by Gasteiger charge is 2.82. The van der Waals surface area contributed by atoms with Crippen LogP contribution in [0, 0.1) is 41.4 Å². The fourth-order valence-electron chi connectivity index (χ4n) is 8.62. The van der Waals surface area contributed by atoms with Crippen LogP contribution in [0.5, 0.6) is 0 Å². The fourth-order valence-corrected chi connectivity index (χ4v) is 57.9. The quantitative estimate of drug-likeness (QED) is 0.0889. The van der Waals surface area contributed by atoms with E-state index in [0.29, 0.717) is 62.3 Å². The molecule has 1 spiro atoms. The summed E-state index contributed by atoms with van der Waals surface area (Å²) in [6, 6.07) is 2.94. The molecule has 0 aliphatic carbocycles. The Bertz CT molecular complexity index is 1250. The molecule has 0 aromatic carbocycles. The van der Waals surface area contributed by atoms with Crippen LogP contribution in [0.3, 0.4) is 0 Å². The average Bonchev–Trinajstić information content (AvgIpc) is 2.91. The monoisotopic (exact) mass is 918 g/mol. The molecule has 4 heterocycles. The molecule has 9 unspecified atom stereocenters. The normalized spacial score (nSPS) is 39.7. The lowest BCUT2D eigenvalue weighted by Gasteiger charge is -2.62. The van der Waals surface area contributed by atoms with Crippen molar-refractivity contribution in [3.63, 3.8) is 0 Å². The molecule has 4 aliphatic heterocycles. The van der Waals surface area contributed by atoms with Gasteiger partial charge in [-0.3, -0.25) is 0 Å². The Morgan fingerprint density at radius 2 is 1.00 bits per heavy atom. The average molecular weight is 920 g/mol. The first-order chi connectivity index (χ1) is 25.4. The highest BCUT2D eigenvalue weighted by atomic mass is 28.6. The first-order valence-corrected chi connectivity index (χ1v) is 36.6. The molecule has 22 heteroatoms. The van der Waals surface area contributed by atoms with E-state index in [2.05, 4.69) is 102 Å². The third-order valence-corrected chi connectivity index (χ3v) is 49.1. The fraction of sp³-hybridized carbons (Fsp3) is 1.00. The molecule has 55 heavy (non-hydrogen) atoms. The van der Waals surface area contributed by atoms with E-state index >= 15 is 0 Å². The third-order valence-electron chi connectivity index (χ3n) is 9.80. The summed E-state index contributed by atoms with van der Waals surface area (Å²) >= 11 is 0. The Labute approximate surface area is 342 Å². The molecule has 0 amide bonds. The summed E-state index contributed by atoms with van der Waals surface area (Å²) in [5.41, 5.74) is 5.79. The summed E-state index contributed by atoms with van der Waals surface area (Å²) in [6.45, 7) is 31.3. The van der Waals surface area contributed by atoms with Gasteiger partial charge in [-0.25, -0.2) is 0 Å². The largest absolute Gasteiger partial charge is 0.484 e. The van der Waals surface area contributed by atoms with Crippen LogP contribution in [-0.2, 0) is 41.2 Å². The van der Waals surface area contributed by atoms with Gasteiger partial charge in [0.1, 0.15) is 0 Å². The standard InChI is InChI=1S/C33H78N2O12Si8/c1-26(2)20-48-38-51(22-28(5)6)41-50(37,19-15-17-35-18-16-34)42-55-33(32(13)14)49(36,21-27(3)4)40-53(46-55,24-30(9)10)44-52(39-48,23-29(7)8)45-54(43-51,47-55)25-31(11)12/h26-33,35-37,48H,15-25,34H2,1-14H3. The molecule has 0 aromatic heterocycles. The predicted molar refractivity (Wildman–Crippen MR) is 231 cm³/mol. The predicted octanol–water partition coefficient (Wildman–Crippen LogP) is 5.93. The van der Waals surface area contributed by atoms with E-state index in [9.17, 15) is 9.59 Å². The van der Waals surface area contributed by atoms with Gasteiger partial charge in [0.2, 0.25) is 0 Å². The van der Waals surface area contributed by atoms with Crippen LogP contribution >= 0.6 is 0 Å². The van der Waals surface area contributed by atoms with Crippen LogP contribution in [0.25, 0.3) is 0 Å². The number of nitrogens with two attached hydrogens (primary N) is 1. The van der Waals surface area contributed by atoms with Crippen LogP contribution in [0.1, 0.15) is 103 Å². The van der Waals surface area contributed by atoms with Gasteiger partial charge in [-0.1, -0.05) is 96.9 Å². The second kappa shape index (κ2) is 19.1. The molecular weight excluding hydrogens is 841 g/mol. The van der Waals surface area contributed by atoms with Crippen LogP contribution in [-0.4, -0.2) is 99.9 Å². The minimum Gasteiger partial charge on any atom is -0.411 e. The van der Waals surface area contributed by atoms with Gasteiger partial charge in [-0.15, -0.1) is 0 Å². The van der Waals surface area contributed by atoms with Crippen molar-refractivity contribution in [2.45, 2.75) is 151 Å². The van der Waals surface area contributed by atoms with E-state index in [1.165, 1.54) is 0 Å². The van der Waals surface area contributed by atoms with Crippen molar-refractivity contribution >= 4 is 70.7 Å². The third kappa shape index (κ3) is 12.4. The van der Waals surface area contributed by atoms with E-state index in [4.69, 9.17) is 46.9 Å². The second-order valence-electron chi connectivity index (χ2n) is 19.4. The Morgan fingerprint density at radius 1 is 0.545 bits per heavy atom. The maximum atomic E-state index is 13.4. The van der Waals surface area contributed by atoms with Crippen LogP contribution in [0.4, 0.5) is 0 Å². The molecule has 0 aromatic rings. The van der Waals surface area contributed by atoms with Gasteiger partial charge in [0, 0.05) is 43.3 Å². The smallest absolute Gasteiger partial charge is 0.411 e. The highest BCUT2D eigenvalue weighted by Crippen LogP contribution is 2.57. The van der Waals surface area contributed by atoms with Crippen molar-refractivity contribution in [2.24, 2.45) is 47.2 Å². The van der Waals surface area contributed by atoms with Gasteiger partial charge >= 0.3 is 70.7 Å². The van der Waals surface area contributed by atoms with Crippen molar-refractivity contribution < 1.29 is 50.7 Å². The maximum Gasteiger partial charge on any atom is 0.484 e. The zero-order valence-electron chi connectivity index (χ0n) is 36.5. The molecule has 324 valence electrons. The van der Waals surface area contributed by atoms with E-state index in [1.54, 1.807) is 0 Å². The summed E-state index contributed by atoms with van der Waals surface area (Å²) < 4.78 is 75.1. The van der Waals surface area contributed by atoms with Gasteiger partial charge in [0.25, 0.3) is 0 Å². The van der Waals surface area contributed by atoms with Crippen molar-refractivity contribution in [3.8, 4) is 0 Å². The number of fused-ring (bicyclic) bond motifs is 3. The lowest BCUT2D eigenvalue weighted by Crippen LogP contribution is -2.86. The number of rotatable bonds is 19. The number of nitrogens with one attached hydrogen (secondary N) is 1. The zero-order valence-corrected chi connectivity index (χ0v) is 44.7. The summed E-state index contributed by atoms with van der Waals surface area (Å²) in [7, 11) is -31.1. The molecule has 5 bridgehead atoms. The van der Waals surface area contributed by atoms with Gasteiger partial charge in [-0.2, -0.15) is 0 Å². The second-order valence-corrected chi connectivity index (χ2v) is 43.3. The van der Waals surface area contributed by atoms with Crippen molar-refractivity contribution in [3.05, 3.63) is 0 Å². The Hall–Kier alpha value is 1.18. The summed E-state index contributed by atoms with van der Waals surface area (Å²) in [5.74, 6) is 0.411. The Kier molecular flexibility index (Phi) is 16.9. The molecular formula is C33H78N2O12Si8. The summed E-state index contributed by atoms with van der Waals surface area (Å²) in [5, 5.41) is 2.67. The molecule has 5 N–H and O–H groups in total. The highest BCUT2D eigenvalue weighted by molar-refractivity contribution is 7.04. The SMILES string of the molecule is CC(C)C[SiH]1O[Si]2(CC(C)C)O[Si](O)(CCCNCCN)O[Si]34O[Si](CC(C)C)(O2)O[Si](CC(C)C)(O1)O[Si](CC(C)C)(O[Si](O)(CC(C)C)C3C(C)C)O4. The van der Waals surface area contributed by atoms with Gasteiger partial charge < -0.3 is 61.8 Å². The van der Waals surface area contributed by atoms with Crippen molar-refractivity contribution in [2.75, 3.05) is 19.6 Å². The molecule has 4 fully saturated rings. The summed E-state index contributed by atoms with van der Waals surface area (Å²) in [6.07, 6.45) is 0.541. The number of hydrogen-bond donors (Lipinski definition) is 4. The van der Waals surface area contributed by atoms with E-state index in [-0.39, 0.29) is 47.5 Å². The van der Waals surface area contributed by atoms with E-state index in [0.717, 1.165) is 0 Å². The molecule has 4 rings (SSSR count). The first-order valence-electron chi connectivity index (χ1n) is 21.2. The lowest BCUT2D eigenvalue weighted by atomic mass is 10.3. The lowest BCUT2D eigenvalue weighted by molar-refractivity contribution is 0.00486. The maximum absolute atomic E-state index is 13.4. The Balaban J connectivity index is 2.15. The molecule has 9 atom stereocenters. The molecule has 14 nitrogen and oxygen atoms in total. The summed E-state index contributed by atoms with van der Waals surface area (Å²) in [4.78, 5) is 26.7. The minimum atomic E-state index is -4.34. The molecule has 0 saturated carbocycles. The van der Waals surface area contributed by atoms with Gasteiger partial charge in [0.05, 0.1) is 5.16 Å².